The molecule has 1 amide bonds. The van der Waals surface area contributed by atoms with Crippen LogP contribution in [0.25, 0.3) is 0 Å². The lowest BCUT2D eigenvalue weighted by molar-refractivity contribution is -0.117. The molecule has 6 nitrogen and oxygen atoms in total. The molecule has 1 fully saturated rings. The Hall–Kier alpha value is -1.44. The quantitative estimate of drug-likeness (QED) is 0.867. The topological polar surface area (TPSA) is 69.7 Å². The molecule has 140 valence electrons. The fourth-order valence-corrected chi connectivity index (χ4v) is 4.32. The highest BCUT2D eigenvalue weighted by molar-refractivity contribution is 7.89. The summed E-state index contributed by atoms with van der Waals surface area (Å²) in [5.74, 6) is -0.112. The second-order valence-electron chi connectivity index (χ2n) is 7.65. The molecule has 2 rings (SSSR count). The van der Waals surface area contributed by atoms with E-state index in [2.05, 4.69) is 17.1 Å². The molecule has 1 N–H and O–H groups in total. The van der Waals surface area contributed by atoms with Crippen LogP contribution in [0.4, 0.5) is 5.69 Å². The molecular weight excluding hydrogens is 338 g/mol. The molecule has 0 spiro atoms. The minimum Gasteiger partial charge on any atom is -0.326 e. The van der Waals surface area contributed by atoms with Crippen LogP contribution in [-0.2, 0) is 14.8 Å². The number of anilines is 1. The minimum absolute atomic E-state index is 0.112. The highest BCUT2D eigenvalue weighted by Crippen LogP contribution is 2.23. The summed E-state index contributed by atoms with van der Waals surface area (Å²) in [4.78, 5) is 14.5. The van der Waals surface area contributed by atoms with Crippen molar-refractivity contribution in [1.29, 1.82) is 0 Å². The van der Waals surface area contributed by atoms with Gasteiger partial charge in [-0.2, -0.15) is 4.31 Å². The van der Waals surface area contributed by atoms with E-state index in [9.17, 15) is 13.2 Å². The molecule has 25 heavy (non-hydrogen) atoms. The Bertz CT molecular complexity index is 703. The SMILES string of the molecule is CCN1CCN(S(=O)(=O)c2cccc(NC(=O)CC(C)(C)C)c2)CC1. The van der Waals surface area contributed by atoms with Gasteiger partial charge < -0.3 is 10.2 Å². The summed E-state index contributed by atoms with van der Waals surface area (Å²) < 4.78 is 27.2. The number of hydrogen-bond acceptors (Lipinski definition) is 4. The van der Waals surface area contributed by atoms with Crippen molar-refractivity contribution in [2.45, 2.75) is 39.0 Å². The maximum Gasteiger partial charge on any atom is 0.243 e. The summed E-state index contributed by atoms with van der Waals surface area (Å²) in [5.41, 5.74) is 0.398. The fraction of sp³-hybridized carbons (Fsp3) is 0.611. The van der Waals surface area contributed by atoms with Crippen LogP contribution in [0.2, 0.25) is 0 Å². The first-order valence-electron chi connectivity index (χ1n) is 8.74. The highest BCUT2D eigenvalue weighted by atomic mass is 32.2. The normalized spacial score (nSPS) is 17.4. The molecule has 1 aromatic rings. The van der Waals surface area contributed by atoms with Gasteiger partial charge in [-0.1, -0.05) is 33.8 Å². The third-order valence-corrected chi connectivity index (χ3v) is 6.12. The number of carbonyl (C=O) groups excluding carboxylic acids is 1. The number of nitrogens with zero attached hydrogens (tertiary/aromatic N) is 2. The van der Waals surface area contributed by atoms with Crippen LogP contribution in [0.3, 0.4) is 0 Å². The van der Waals surface area contributed by atoms with Gasteiger partial charge in [0, 0.05) is 38.3 Å². The Morgan fingerprint density at radius 2 is 1.80 bits per heavy atom. The third kappa shape index (κ3) is 5.52. The van der Waals surface area contributed by atoms with Crippen LogP contribution in [0.5, 0.6) is 0 Å². The monoisotopic (exact) mass is 367 g/mol. The van der Waals surface area contributed by atoms with Crippen LogP contribution >= 0.6 is 0 Å². The number of rotatable bonds is 5. The highest BCUT2D eigenvalue weighted by Gasteiger charge is 2.28. The number of amides is 1. The molecule has 0 aromatic heterocycles. The van der Waals surface area contributed by atoms with Gasteiger partial charge >= 0.3 is 0 Å². The predicted octanol–water partition coefficient (Wildman–Crippen LogP) is 2.39. The third-order valence-electron chi connectivity index (χ3n) is 4.22. The van der Waals surface area contributed by atoms with Gasteiger partial charge in [0.2, 0.25) is 15.9 Å². The molecule has 1 heterocycles. The molecule has 1 aliphatic rings. The van der Waals surface area contributed by atoms with Crippen molar-refractivity contribution in [2.24, 2.45) is 5.41 Å². The molecule has 0 radical (unpaired) electrons. The Labute approximate surface area is 151 Å². The van der Waals surface area contributed by atoms with E-state index in [-0.39, 0.29) is 16.2 Å². The van der Waals surface area contributed by atoms with E-state index in [1.165, 1.54) is 4.31 Å². The first-order chi connectivity index (χ1) is 11.6. The minimum atomic E-state index is -3.53. The first-order valence-corrected chi connectivity index (χ1v) is 10.2. The molecule has 0 bridgehead atoms. The van der Waals surface area contributed by atoms with E-state index in [4.69, 9.17) is 0 Å². The number of sulfonamides is 1. The van der Waals surface area contributed by atoms with Crippen molar-refractivity contribution in [2.75, 3.05) is 38.0 Å². The number of hydrogen-bond donors (Lipinski definition) is 1. The average molecular weight is 368 g/mol. The number of benzene rings is 1. The smallest absolute Gasteiger partial charge is 0.243 e. The predicted molar refractivity (Wildman–Crippen MR) is 100 cm³/mol. The zero-order valence-electron chi connectivity index (χ0n) is 15.6. The molecule has 0 unspecified atom stereocenters. The van der Waals surface area contributed by atoms with E-state index < -0.39 is 10.0 Å². The second kappa shape index (κ2) is 7.85. The van der Waals surface area contributed by atoms with Gasteiger partial charge in [-0.3, -0.25) is 4.79 Å². The van der Waals surface area contributed by atoms with Gasteiger partial charge in [-0.25, -0.2) is 8.42 Å². The molecule has 0 aliphatic carbocycles. The first kappa shape index (κ1) is 19.9. The van der Waals surface area contributed by atoms with E-state index in [0.717, 1.165) is 19.6 Å². The zero-order chi connectivity index (χ0) is 18.7. The maximum absolute atomic E-state index is 12.8. The molecule has 1 aromatic carbocycles. The van der Waals surface area contributed by atoms with E-state index in [0.29, 0.717) is 25.2 Å². The number of carbonyl (C=O) groups is 1. The molecule has 0 saturated carbocycles. The van der Waals surface area contributed by atoms with Gasteiger partial charge in [0.25, 0.3) is 0 Å². The molecule has 1 aliphatic heterocycles. The number of likely N-dealkylation sites (N-methyl/N-ethyl adjacent to an activating group) is 1. The van der Waals surface area contributed by atoms with Gasteiger partial charge in [-0.15, -0.1) is 0 Å². The summed E-state index contributed by atoms with van der Waals surface area (Å²) >= 11 is 0. The van der Waals surface area contributed by atoms with Gasteiger partial charge in [-0.05, 0) is 30.2 Å². The van der Waals surface area contributed by atoms with Gasteiger partial charge in [0.1, 0.15) is 0 Å². The lowest BCUT2D eigenvalue weighted by Gasteiger charge is -2.33. The van der Waals surface area contributed by atoms with Crippen molar-refractivity contribution in [3.63, 3.8) is 0 Å². The number of piperazine rings is 1. The van der Waals surface area contributed by atoms with Crippen molar-refractivity contribution in [3.05, 3.63) is 24.3 Å². The largest absolute Gasteiger partial charge is 0.326 e. The van der Waals surface area contributed by atoms with Crippen LogP contribution in [0.1, 0.15) is 34.1 Å². The molecule has 0 atom stereocenters. The van der Waals surface area contributed by atoms with Crippen molar-refractivity contribution in [1.82, 2.24) is 9.21 Å². The van der Waals surface area contributed by atoms with Crippen molar-refractivity contribution < 1.29 is 13.2 Å². The Kier molecular flexibility index (Phi) is 6.24. The summed E-state index contributed by atoms with van der Waals surface area (Å²) in [6.07, 6.45) is 0.378. The Morgan fingerprint density at radius 3 is 2.36 bits per heavy atom. The lowest BCUT2D eigenvalue weighted by atomic mass is 9.92. The van der Waals surface area contributed by atoms with E-state index >= 15 is 0 Å². The summed E-state index contributed by atoms with van der Waals surface area (Å²) in [6, 6.07) is 6.51. The Balaban J connectivity index is 2.11. The molecule has 1 saturated heterocycles. The van der Waals surface area contributed by atoms with Gasteiger partial charge in [0.05, 0.1) is 4.90 Å². The summed E-state index contributed by atoms with van der Waals surface area (Å²) in [5, 5.41) is 2.80. The summed E-state index contributed by atoms with van der Waals surface area (Å²) in [7, 11) is -3.53. The van der Waals surface area contributed by atoms with Crippen molar-refractivity contribution in [3.8, 4) is 0 Å². The summed E-state index contributed by atoms with van der Waals surface area (Å²) in [6.45, 7) is 11.5. The van der Waals surface area contributed by atoms with Gasteiger partial charge in [0.15, 0.2) is 0 Å². The van der Waals surface area contributed by atoms with Crippen LogP contribution in [0.15, 0.2) is 29.2 Å². The van der Waals surface area contributed by atoms with Crippen LogP contribution in [-0.4, -0.2) is 56.3 Å². The van der Waals surface area contributed by atoms with Crippen LogP contribution in [0, 0.1) is 5.41 Å². The lowest BCUT2D eigenvalue weighted by Crippen LogP contribution is -2.48. The fourth-order valence-electron chi connectivity index (χ4n) is 2.86. The zero-order valence-corrected chi connectivity index (χ0v) is 16.4. The van der Waals surface area contributed by atoms with Crippen molar-refractivity contribution >= 4 is 21.6 Å². The maximum atomic E-state index is 12.8. The molecule has 7 heteroatoms. The van der Waals surface area contributed by atoms with E-state index in [1.54, 1.807) is 24.3 Å². The molecular formula is C18H29N3O3S. The standard InChI is InChI=1S/C18H29N3O3S/c1-5-20-9-11-21(12-10-20)25(23,24)16-8-6-7-15(13-16)19-17(22)14-18(2,3)4/h6-8,13H,5,9-12,14H2,1-4H3,(H,19,22). The Morgan fingerprint density at radius 1 is 1.16 bits per heavy atom. The van der Waals surface area contributed by atoms with Crippen LogP contribution < -0.4 is 5.32 Å². The number of nitrogens with one attached hydrogen (secondary N) is 1. The van der Waals surface area contributed by atoms with E-state index in [1.807, 2.05) is 20.8 Å². The average Bonchev–Trinajstić information content (AvgIpc) is 2.53. The second-order valence-corrected chi connectivity index (χ2v) is 9.59.